The van der Waals surface area contributed by atoms with E-state index in [1.54, 1.807) is 24.2 Å². The number of likely N-dealkylation sites (N-methyl/N-ethyl adjacent to an activating group) is 1. The van der Waals surface area contributed by atoms with Gasteiger partial charge < -0.3 is 4.90 Å². The third-order valence-electron chi connectivity index (χ3n) is 4.72. The Morgan fingerprint density at radius 1 is 1.07 bits per heavy atom. The van der Waals surface area contributed by atoms with Crippen molar-refractivity contribution in [2.24, 2.45) is 0 Å². The molecule has 29 heavy (non-hydrogen) atoms. The molecule has 1 aromatic heterocycles. The molecule has 0 N–H and O–H groups in total. The zero-order valence-corrected chi connectivity index (χ0v) is 17.2. The van der Waals surface area contributed by atoms with Gasteiger partial charge >= 0.3 is 0 Å². The van der Waals surface area contributed by atoms with Gasteiger partial charge in [0, 0.05) is 37.2 Å². The van der Waals surface area contributed by atoms with Crippen LogP contribution in [0, 0.1) is 0 Å². The van der Waals surface area contributed by atoms with E-state index in [-0.39, 0.29) is 11.7 Å². The Bertz CT molecular complexity index is 1050. The van der Waals surface area contributed by atoms with Crippen molar-refractivity contribution < 1.29 is 9.59 Å². The molecule has 1 amide bonds. The summed E-state index contributed by atoms with van der Waals surface area (Å²) in [5, 5.41) is 0.446. The van der Waals surface area contributed by atoms with Gasteiger partial charge in [-0.1, -0.05) is 54.6 Å². The van der Waals surface area contributed by atoms with E-state index in [1.807, 2.05) is 49.4 Å². The average molecular weight is 405 g/mol. The van der Waals surface area contributed by atoms with Crippen molar-refractivity contribution in [3.8, 4) is 0 Å². The highest BCUT2D eigenvalue weighted by atomic mass is 35.5. The van der Waals surface area contributed by atoms with E-state index in [0.717, 1.165) is 16.7 Å². The van der Waals surface area contributed by atoms with Crippen LogP contribution in [0.5, 0.6) is 0 Å². The van der Waals surface area contributed by atoms with Gasteiger partial charge in [-0.2, -0.15) is 0 Å². The number of hydrogen-bond acceptors (Lipinski definition) is 3. The van der Waals surface area contributed by atoms with E-state index in [2.05, 4.69) is 16.4 Å². The largest absolute Gasteiger partial charge is 0.308 e. The summed E-state index contributed by atoms with van der Waals surface area (Å²) in [4.78, 5) is 29.8. The zero-order chi connectivity index (χ0) is 20.8. The zero-order valence-electron chi connectivity index (χ0n) is 16.4. The fourth-order valence-corrected chi connectivity index (χ4v) is 3.02. The van der Waals surface area contributed by atoms with Crippen molar-refractivity contribution in [3.05, 3.63) is 93.8 Å². The van der Waals surface area contributed by atoms with E-state index < -0.39 is 0 Å². The predicted molar refractivity (Wildman–Crippen MR) is 114 cm³/mol. The number of allylic oxidation sites excluding steroid dienone is 3. The first-order valence-corrected chi connectivity index (χ1v) is 9.80. The van der Waals surface area contributed by atoms with Crippen LogP contribution >= 0.6 is 11.6 Å². The number of carbonyl (C=O) groups excluding carboxylic acids is 2. The summed E-state index contributed by atoms with van der Waals surface area (Å²) < 4.78 is 0. The van der Waals surface area contributed by atoms with Crippen LogP contribution in [0.3, 0.4) is 0 Å². The van der Waals surface area contributed by atoms with Gasteiger partial charge in [-0.15, -0.1) is 0 Å². The number of amides is 1. The number of carbonyl (C=O) groups is 2. The van der Waals surface area contributed by atoms with E-state index in [1.165, 1.54) is 0 Å². The maximum atomic E-state index is 12.4. The molecule has 0 radical (unpaired) electrons. The van der Waals surface area contributed by atoms with E-state index in [9.17, 15) is 9.59 Å². The SMILES string of the molecule is CCC(=O)N(C)C1=C=C=C(c2ccc(C(=O)CCc3ccc(Cl)nc3)cc2)C=C1. The molecule has 0 atom stereocenters. The Labute approximate surface area is 175 Å². The molecular weight excluding hydrogens is 384 g/mol. The third-order valence-corrected chi connectivity index (χ3v) is 4.94. The van der Waals surface area contributed by atoms with Gasteiger partial charge in [0.15, 0.2) is 5.78 Å². The fraction of sp³-hybridized carbons (Fsp3) is 0.208. The lowest BCUT2D eigenvalue weighted by atomic mass is 9.99. The highest BCUT2D eigenvalue weighted by Gasteiger charge is 2.11. The Balaban J connectivity index is 1.68. The minimum atomic E-state index is 0.0275. The summed E-state index contributed by atoms with van der Waals surface area (Å²) in [6, 6.07) is 11.1. The number of Topliss-reactive ketones (excluding diaryl/α,β-unsaturated/α-hetero) is 1. The third kappa shape index (κ3) is 5.22. The molecule has 0 aliphatic heterocycles. The molecule has 0 saturated carbocycles. The summed E-state index contributed by atoms with van der Waals surface area (Å²) in [6.45, 7) is 1.83. The Hall–Kier alpha value is -3.16. The molecule has 0 bridgehead atoms. The lowest BCUT2D eigenvalue weighted by Gasteiger charge is -2.16. The lowest BCUT2D eigenvalue weighted by Crippen LogP contribution is -2.24. The highest BCUT2D eigenvalue weighted by molar-refractivity contribution is 6.29. The number of aromatic nitrogens is 1. The molecule has 0 unspecified atom stereocenters. The van der Waals surface area contributed by atoms with Gasteiger partial charge in [0.2, 0.25) is 5.91 Å². The minimum absolute atomic E-state index is 0.0275. The van der Waals surface area contributed by atoms with Crippen LogP contribution in [-0.4, -0.2) is 28.6 Å². The Morgan fingerprint density at radius 2 is 1.83 bits per heavy atom. The standard InChI is InChI=1S/C24H21ClN2O2/c1-3-24(29)27(2)21-12-10-19(11-13-21)18-6-8-20(9-7-18)22(28)14-4-17-5-15-23(25)26-16-17/h5-10,12,15-16H,3-4,14H2,1-2H3. The number of benzene rings is 1. The average Bonchev–Trinajstić information content (AvgIpc) is 2.77. The quantitative estimate of drug-likeness (QED) is 0.370. The van der Waals surface area contributed by atoms with Crippen LogP contribution < -0.4 is 0 Å². The van der Waals surface area contributed by atoms with Gasteiger partial charge in [0.05, 0.1) is 5.70 Å². The first kappa shape index (κ1) is 20.6. The molecule has 1 aliphatic carbocycles. The molecule has 1 heterocycles. The smallest absolute Gasteiger partial charge is 0.226 e. The van der Waals surface area contributed by atoms with Crippen molar-refractivity contribution in [1.82, 2.24) is 9.88 Å². The number of hydrogen-bond donors (Lipinski definition) is 0. The molecular formula is C24H21ClN2O2. The molecule has 146 valence electrons. The van der Waals surface area contributed by atoms with Gasteiger partial charge in [-0.05, 0) is 41.5 Å². The number of rotatable bonds is 7. The molecule has 1 aromatic carbocycles. The van der Waals surface area contributed by atoms with Crippen molar-refractivity contribution in [2.75, 3.05) is 7.05 Å². The van der Waals surface area contributed by atoms with Crippen LogP contribution in [0.25, 0.3) is 5.57 Å². The normalized spacial score (nSPS) is 12.4. The van der Waals surface area contributed by atoms with Crippen LogP contribution in [-0.2, 0) is 11.2 Å². The lowest BCUT2D eigenvalue weighted by molar-refractivity contribution is -0.127. The second-order valence-corrected chi connectivity index (χ2v) is 7.07. The van der Waals surface area contributed by atoms with Crippen molar-refractivity contribution in [3.63, 3.8) is 0 Å². The molecule has 4 nitrogen and oxygen atoms in total. The molecule has 5 heteroatoms. The van der Waals surface area contributed by atoms with Gasteiger partial charge in [-0.3, -0.25) is 9.59 Å². The van der Waals surface area contributed by atoms with Crippen LogP contribution in [0.2, 0.25) is 5.15 Å². The van der Waals surface area contributed by atoms with Gasteiger partial charge in [-0.25, -0.2) is 4.98 Å². The Kier molecular flexibility index (Phi) is 6.64. The van der Waals surface area contributed by atoms with Crippen molar-refractivity contribution in [1.29, 1.82) is 0 Å². The first-order chi connectivity index (χ1) is 14.0. The highest BCUT2D eigenvalue weighted by Crippen LogP contribution is 2.20. The summed E-state index contributed by atoms with van der Waals surface area (Å²) in [5.74, 6) is 0.108. The van der Waals surface area contributed by atoms with Gasteiger partial charge in [0.25, 0.3) is 0 Å². The van der Waals surface area contributed by atoms with Crippen molar-refractivity contribution in [2.45, 2.75) is 26.2 Å². The molecule has 0 saturated heterocycles. The van der Waals surface area contributed by atoms with Crippen LogP contribution in [0.4, 0.5) is 0 Å². The Morgan fingerprint density at radius 3 is 2.41 bits per heavy atom. The number of aryl methyl sites for hydroxylation is 1. The molecule has 0 fully saturated rings. The monoisotopic (exact) mass is 404 g/mol. The number of pyridine rings is 1. The van der Waals surface area contributed by atoms with E-state index >= 15 is 0 Å². The second kappa shape index (κ2) is 9.36. The molecule has 0 spiro atoms. The topological polar surface area (TPSA) is 50.3 Å². The van der Waals surface area contributed by atoms with E-state index in [4.69, 9.17) is 11.6 Å². The van der Waals surface area contributed by atoms with Crippen molar-refractivity contribution >= 4 is 28.9 Å². The second-order valence-electron chi connectivity index (χ2n) is 6.68. The maximum absolute atomic E-state index is 12.4. The summed E-state index contributed by atoms with van der Waals surface area (Å²) in [7, 11) is 1.73. The number of ketones is 1. The summed E-state index contributed by atoms with van der Waals surface area (Å²) >= 11 is 5.78. The van der Waals surface area contributed by atoms with Crippen LogP contribution in [0.1, 0.15) is 41.3 Å². The van der Waals surface area contributed by atoms with Gasteiger partial charge in [0.1, 0.15) is 5.15 Å². The van der Waals surface area contributed by atoms with Crippen LogP contribution in [0.15, 0.2) is 71.9 Å². The molecule has 1 aliphatic rings. The maximum Gasteiger partial charge on any atom is 0.226 e. The summed E-state index contributed by atoms with van der Waals surface area (Å²) in [6.07, 6.45) is 6.92. The molecule has 2 aromatic rings. The number of halogens is 1. The fourth-order valence-electron chi connectivity index (χ4n) is 2.90. The minimum Gasteiger partial charge on any atom is -0.308 e. The first-order valence-electron chi connectivity index (χ1n) is 9.42. The predicted octanol–water partition coefficient (Wildman–Crippen LogP) is 5.01. The summed E-state index contributed by atoms with van der Waals surface area (Å²) in [5.41, 5.74) is 10.3. The van der Waals surface area contributed by atoms with E-state index in [0.29, 0.717) is 35.7 Å². The molecule has 3 rings (SSSR count). The number of nitrogens with zero attached hydrogens (tertiary/aromatic N) is 2.